The van der Waals surface area contributed by atoms with Crippen molar-refractivity contribution in [2.75, 3.05) is 17.3 Å². The van der Waals surface area contributed by atoms with Gasteiger partial charge in [-0.1, -0.05) is 36.5 Å². The number of carbonyl (C=O) groups excluding carboxylic acids is 1. The van der Waals surface area contributed by atoms with Crippen LogP contribution in [0.2, 0.25) is 0 Å². The molecule has 1 heterocycles. The topological polar surface area (TPSA) is 109 Å². The van der Waals surface area contributed by atoms with Gasteiger partial charge < -0.3 is 11.2 Å². The molecular weight excluding hydrogens is 318 g/mol. The second kappa shape index (κ2) is 8.97. The maximum atomic E-state index is 11.5. The van der Waals surface area contributed by atoms with Crippen molar-refractivity contribution < 1.29 is 4.79 Å². The molecule has 0 atom stereocenters. The summed E-state index contributed by atoms with van der Waals surface area (Å²) >= 11 is 0. The van der Waals surface area contributed by atoms with Gasteiger partial charge in [0.2, 0.25) is 0 Å². The van der Waals surface area contributed by atoms with E-state index in [1.165, 1.54) is 6.21 Å². The molecule has 0 unspecified atom stereocenters. The van der Waals surface area contributed by atoms with Gasteiger partial charge in [0, 0.05) is 28.9 Å². The van der Waals surface area contributed by atoms with Gasteiger partial charge in [0.15, 0.2) is 6.29 Å². The summed E-state index contributed by atoms with van der Waals surface area (Å²) in [4.78, 5) is 21.9. The molecule has 0 fully saturated rings. The zero-order chi connectivity index (χ0) is 18.1. The Labute approximate surface area is 145 Å². The normalized spacial score (nSPS) is 14.4. The molecule has 0 spiro atoms. The molecule has 2 rings (SSSR count). The molecule has 0 radical (unpaired) electrons. The summed E-state index contributed by atoms with van der Waals surface area (Å²) < 4.78 is 0. The molecule has 1 aromatic carbocycles. The third kappa shape index (κ3) is 4.29. The lowest BCUT2D eigenvalue weighted by Gasteiger charge is -2.23. The van der Waals surface area contributed by atoms with E-state index in [0.29, 0.717) is 29.0 Å². The van der Waals surface area contributed by atoms with Gasteiger partial charge in [-0.05, 0) is 24.6 Å². The minimum Gasteiger partial charge on any atom is -0.380 e. The quantitative estimate of drug-likeness (QED) is 0.176. The summed E-state index contributed by atoms with van der Waals surface area (Å²) in [6.07, 6.45) is 13.8. The largest absolute Gasteiger partial charge is 0.380 e. The second-order valence-corrected chi connectivity index (χ2v) is 5.15. The Morgan fingerprint density at radius 3 is 2.72 bits per heavy atom. The van der Waals surface area contributed by atoms with Crippen LogP contribution >= 0.6 is 0 Å². The van der Waals surface area contributed by atoms with Gasteiger partial charge in [0.1, 0.15) is 0 Å². The van der Waals surface area contributed by atoms with Crippen molar-refractivity contribution in [1.29, 1.82) is 0 Å². The highest BCUT2D eigenvalue weighted by Crippen LogP contribution is 2.35. The van der Waals surface area contributed by atoms with Gasteiger partial charge in [0.25, 0.3) is 0 Å². The number of fused-ring (bicyclic) bond motifs is 1. The van der Waals surface area contributed by atoms with Crippen LogP contribution in [0.15, 0.2) is 64.5 Å². The number of aldehydes is 1. The predicted molar refractivity (Wildman–Crippen MR) is 102 cm³/mol. The number of hydrogen-bond acceptors (Lipinski definition) is 6. The molecule has 0 bridgehead atoms. The molecule has 128 valence electrons. The third-order valence-corrected chi connectivity index (χ3v) is 3.58. The fourth-order valence-corrected chi connectivity index (χ4v) is 2.54. The number of hydrogen-bond donors (Lipinski definition) is 3. The Hall–Kier alpha value is -3.48. The van der Waals surface area contributed by atoms with E-state index in [1.54, 1.807) is 12.1 Å². The van der Waals surface area contributed by atoms with Crippen molar-refractivity contribution in [1.82, 2.24) is 0 Å². The number of hydrazone groups is 1. The second-order valence-electron chi connectivity index (χ2n) is 5.15. The zero-order valence-electron chi connectivity index (χ0n) is 13.8. The van der Waals surface area contributed by atoms with Crippen molar-refractivity contribution >= 4 is 29.4 Å². The van der Waals surface area contributed by atoms with E-state index in [2.05, 4.69) is 21.1 Å². The summed E-state index contributed by atoms with van der Waals surface area (Å²) in [5, 5.41) is 9.50. The van der Waals surface area contributed by atoms with Gasteiger partial charge >= 0.3 is 0 Å². The maximum absolute atomic E-state index is 11.5. The summed E-state index contributed by atoms with van der Waals surface area (Å²) in [5.41, 5.74) is 6.22. The van der Waals surface area contributed by atoms with Gasteiger partial charge in [-0.25, -0.2) is 5.43 Å². The molecule has 0 saturated carbocycles. The maximum Gasteiger partial charge on any atom is 0.150 e. The smallest absolute Gasteiger partial charge is 0.150 e. The van der Waals surface area contributed by atoms with Crippen molar-refractivity contribution in [3.05, 3.63) is 70.2 Å². The van der Waals surface area contributed by atoms with Crippen molar-refractivity contribution in [2.45, 2.75) is 6.92 Å². The number of benzene rings is 1. The van der Waals surface area contributed by atoms with Crippen LogP contribution < -0.4 is 16.6 Å². The van der Waals surface area contributed by atoms with Gasteiger partial charge in [-0.15, -0.1) is 4.91 Å². The molecule has 1 aliphatic rings. The first-order valence-corrected chi connectivity index (χ1v) is 7.63. The molecule has 1 aliphatic heterocycles. The Morgan fingerprint density at radius 1 is 1.24 bits per heavy atom. The van der Waals surface area contributed by atoms with E-state index < -0.39 is 0 Å². The molecule has 0 amide bonds. The number of nitrogens with two attached hydrogens (primary N) is 1. The van der Waals surface area contributed by atoms with E-state index in [-0.39, 0.29) is 0 Å². The average Bonchev–Trinajstić information content (AvgIpc) is 2.62. The van der Waals surface area contributed by atoms with Gasteiger partial charge in [-0.2, -0.15) is 5.10 Å². The van der Waals surface area contributed by atoms with Crippen LogP contribution in [0.5, 0.6) is 0 Å². The number of nitrogens with zero attached hydrogens (tertiary/aromatic N) is 2. The molecule has 0 aliphatic carbocycles. The van der Waals surface area contributed by atoms with Gasteiger partial charge in [0.05, 0.1) is 17.2 Å². The standard InChI is InChI=1S/C18H19N5O2/c1-2-3-4-5-6-7-13-10-20-17-9-15(22-23-25)8-14(12-24)18(17)16(13)11-21-19/h2-9,11-12,20H,10,19H2,1H3,(H,22,25)/b3-2-,5-4-,7-6+,21-11-. The Balaban J connectivity index is 2.53. The number of allylic oxidation sites excluding steroid dienone is 6. The summed E-state index contributed by atoms with van der Waals surface area (Å²) in [5.74, 6) is 5.35. The highest BCUT2D eigenvalue weighted by atomic mass is 16.3. The average molecular weight is 337 g/mol. The van der Waals surface area contributed by atoms with Crippen LogP contribution in [-0.2, 0) is 0 Å². The minimum atomic E-state index is 0.404. The lowest BCUT2D eigenvalue weighted by molar-refractivity contribution is 0.112. The SMILES string of the molecule is C\C=C/C=C\C=C\C1=C(/C=N\N)c2c(C=O)cc(NN=O)cc2NC1. The van der Waals surface area contributed by atoms with Gasteiger partial charge in [-0.3, -0.25) is 4.79 Å². The van der Waals surface area contributed by atoms with Crippen molar-refractivity contribution in [3.8, 4) is 0 Å². The van der Waals surface area contributed by atoms with Crippen molar-refractivity contribution in [3.63, 3.8) is 0 Å². The van der Waals surface area contributed by atoms with Crippen LogP contribution in [0.3, 0.4) is 0 Å². The Kier molecular flexibility index (Phi) is 6.41. The monoisotopic (exact) mass is 337 g/mol. The van der Waals surface area contributed by atoms with E-state index in [0.717, 1.165) is 17.4 Å². The molecule has 25 heavy (non-hydrogen) atoms. The number of anilines is 2. The summed E-state index contributed by atoms with van der Waals surface area (Å²) in [6, 6.07) is 3.26. The lowest BCUT2D eigenvalue weighted by atomic mass is 9.91. The predicted octanol–water partition coefficient (Wildman–Crippen LogP) is 3.40. The minimum absolute atomic E-state index is 0.404. The highest BCUT2D eigenvalue weighted by molar-refractivity contribution is 6.17. The van der Waals surface area contributed by atoms with E-state index in [4.69, 9.17) is 5.84 Å². The molecular formula is C18H19N5O2. The molecule has 4 N–H and O–H groups in total. The first-order valence-electron chi connectivity index (χ1n) is 7.63. The van der Waals surface area contributed by atoms with Crippen LogP contribution in [0.25, 0.3) is 5.57 Å². The Bertz CT molecular complexity index is 804. The fraction of sp³-hybridized carbons (Fsp3) is 0.111. The number of nitroso groups, excluding NO2 is 1. The zero-order valence-corrected chi connectivity index (χ0v) is 13.8. The summed E-state index contributed by atoms with van der Waals surface area (Å²) in [7, 11) is 0. The number of rotatable bonds is 7. The molecule has 0 saturated heterocycles. The number of carbonyl (C=O) groups is 1. The Morgan fingerprint density at radius 2 is 2.04 bits per heavy atom. The first kappa shape index (κ1) is 17.9. The van der Waals surface area contributed by atoms with Crippen molar-refractivity contribution in [2.24, 2.45) is 16.2 Å². The fourth-order valence-electron chi connectivity index (χ4n) is 2.54. The van der Waals surface area contributed by atoms with E-state index >= 15 is 0 Å². The summed E-state index contributed by atoms with van der Waals surface area (Å²) in [6.45, 7) is 2.47. The number of nitrogens with one attached hydrogen (secondary N) is 2. The third-order valence-electron chi connectivity index (χ3n) is 3.58. The van der Waals surface area contributed by atoms with E-state index in [1.807, 2.05) is 43.4 Å². The highest BCUT2D eigenvalue weighted by Gasteiger charge is 2.20. The molecule has 1 aromatic rings. The molecule has 7 heteroatoms. The molecule has 7 nitrogen and oxygen atoms in total. The van der Waals surface area contributed by atoms with Crippen LogP contribution in [0, 0.1) is 4.91 Å². The van der Waals surface area contributed by atoms with Crippen LogP contribution in [0.1, 0.15) is 22.8 Å². The van der Waals surface area contributed by atoms with Crippen LogP contribution in [0.4, 0.5) is 11.4 Å². The lowest BCUT2D eigenvalue weighted by Crippen LogP contribution is -2.16. The van der Waals surface area contributed by atoms with E-state index in [9.17, 15) is 9.70 Å². The molecule has 0 aromatic heterocycles. The van der Waals surface area contributed by atoms with Crippen LogP contribution in [-0.4, -0.2) is 19.0 Å². The first-order chi connectivity index (χ1) is 12.2.